The Hall–Kier alpha value is -0.880. The summed E-state index contributed by atoms with van der Waals surface area (Å²) >= 11 is 3.19. The lowest BCUT2D eigenvalue weighted by Gasteiger charge is -1.92. The van der Waals surface area contributed by atoms with E-state index in [9.17, 15) is 0 Å². The van der Waals surface area contributed by atoms with E-state index in [1.54, 1.807) is 12.1 Å². The van der Waals surface area contributed by atoms with E-state index in [1.165, 1.54) is 0 Å². The highest BCUT2D eigenvalue weighted by atomic mass is 79.9. The van der Waals surface area contributed by atoms with Gasteiger partial charge in [0.05, 0.1) is 11.6 Å². The molecule has 0 fully saturated rings. The van der Waals surface area contributed by atoms with Crippen molar-refractivity contribution in [1.29, 1.82) is 5.26 Å². The summed E-state index contributed by atoms with van der Waals surface area (Å²) < 4.78 is 0.712. The largest absolute Gasteiger partial charge is 0.246 e. The predicted octanol–water partition coefficient (Wildman–Crippen LogP) is 2.02. The SMILES string of the molecule is Cc1cc(C#N)cc(Br)n1. The second kappa shape index (κ2) is 2.80. The monoisotopic (exact) mass is 196 g/mol. The quantitative estimate of drug-likeness (QED) is 0.596. The Kier molecular flexibility index (Phi) is 2.03. The lowest BCUT2D eigenvalue weighted by atomic mass is 10.2. The highest BCUT2D eigenvalue weighted by molar-refractivity contribution is 9.10. The lowest BCUT2D eigenvalue weighted by Crippen LogP contribution is -1.83. The van der Waals surface area contributed by atoms with E-state index in [2.05, 4.69) is 20.9 Å². The number of aromatic nitrogens is 1. The molecule has 0 radical (unpaired) electrons. The van der Waals surface area contributed by atoms with Crippen LogP contribution in [0.5, 0.6) is 0 Å². The maximum absolute atomic E-state index is 8.49. The van der Waals surface area contributed by atoms with Gasteiger partial charge in [0.2, 0.25) is 0 Å². The summed E-state index contributed by atoms with van der Waals surface area (Å²) in [7, 11) is 0. The van der Waals surface area contributed by atoms with Crippen LogP contribution in [0.4, 0.5) is 0 Å². The summed E-state index contributed by atoms with van der Waals surface area (Å²) in [6, 6.07) is 5.47. The summed E-state index contributed by atoms with van der Waals surface area (Å²) in [6.45, 7) is 1.85. The Morgan fingerprint density at radius 1 is 1.60 bits per heavy atom. The summed E-state index contributed by atoms with van der Waals surface area (Å²) in [5.74, 6) is 0. The topological polar surface area (TPSA) is 36.7 Å². The highest BCUT2D eigenvalue weighted by Gasteiger charge is 1.94. The number of nitrogens with zero attached hydrogens (tertiary/aromatic N) is 2. The minimum atomic E-state index is 0.638. The van der Waals surface area contributed by atoms with E-state index in [0.717, 1.165) is 5.69 Å². The Bertz CT molecular complexity index is 268. The molecular formula is C7H5BrN2. The molecule has 0 aliphatic carbocycles. The third-order valence-electron chi connectivity index (χ3n) is 1.05. The van der Waals surface area contributed by atoms with Crippen LogP contribution in [-0.2, 0) is 0 Å². The summed E-state index contributed by atoms with van der Waals surface area (Å²) in [5, 5.41) is 8.49. The minimum Gasteiger partial charge on any atom is -0.246 e. The van der Waals surface area contributed by atoms with Crippen molar-refractivity contribution >= 4 is 15.9 Å². The van der Waals surface area contributed by atoms with Crippen LogP contribution in [0.3, 0.4) is 0 Å². The molecule has 10 heavy (non-hydrogen) atoms. The first kappa shape index (κ1) is 7.23. The molecule has 3 heteroatoms. The van der Waals surface area contributed by atoms with Crippen molar-refractivity contribution in [3.63, 3.8) is 0 Å². The summed E-state index contributed by atoms with van der Waals surface area (Å²) in [5.41, 5.74) is 1.49. The van der Waals surface area contributed by atoms with E-state index < -0.39 is 0 Å². The maximum Gasteiger partial charge on any atom is 0.107 e. The molecule has 2 nitrogen and oxygen atoms in total. The molecule has 0 atom stereocenters. The van der Waals surface area contributed by atoms with Gasteiger partial charge in [0.15, 0.2) is 0 Å². The van der Waals surface area contributed by atoms with Gasteiger partial charge in [0.25, 0.3) is 0 Å². The van der Waals surface area contributed by atoms with Crippen LogP contribution >= 0.6 is 15.9 Å². The Morgan fingerprint density at radius 2 is 2.30 bits per heavy atom. The zero-order chi connectivity index (χ0) is 7.56. The molecular weight excluding hydrogens is 192 g/mol. The number of rotatable bonds is 0. The third kappa shape index (κ3) is 1.55. The summed E-state index contributed by atoms with van der Waals surface area (Å²) in [6.07, 6.45) is 0. The third-order valence-corrected chi connectivity index (χ3v) is 1.46. The maximum atomic E-state index is 8.49. The zero-order valence-corrected chi connectivity index (χ0v) is 7.01. The molecule has 0 spiro atoms. The Morgan fingerprint density at radius 3 is 2.80 bits per heavy atom. The molecule has 1 heterocycles. The van der Waals surface area contributed by atoms with E-state index in [-0.39, 0.29) is 0 Å². The molecule has 50 valence electrons. The van der Waals surface area contributed by atoms with Crippen molar-refractivity contribution in [2.45, 2.75) is 6.92 Å². The number of pyridine rings is 1. The number of halogens is 1. The fourth-order valence-corrected chi connectivity index (χ4v) is 1.22. The van der Waals surface area contributed by atoms with Gasteiger partial charge in [-0.15, -0.1) is 0 Å². The number of nitriles is 1. The molecule has 1 rings (SSSR count). The number of hydrogen-bond acceptors (Lipinski definition) is 2. The van der Waals surface area contributed by atoms with Crippen LogP contribution in [0.1, 0.15) is 11.3 Å². The van der Waals surface area contributed by atoms with Crippen molar-refractivity contribution in [2.24, 2.45) is 0 Å². The van der Waals surface area contributed by atoms with Crippen LogP contribution in [0.15, 0.2) is 16.7 Å². The molecule has 1 aromatic rings. The number of aryl methyl sites for hydroxylation is 1. The van der Waals surface area contributed by atoms with Crippen LogP contribution in [0.25, 0.3) is 0 Å². The second-order valence-electron chi connectivity index (χ2n) is 1.93. The first-order valence-electron chi connectivity index (χ1n) is 2.76. The van der Waals surface area contributed by atoms with Crippen LogP contribution in [-0.4, -0.2) is 4.98 Å². The average molecular weight is 197 g/mol. The number of hydrogen-bond donors (Lipinski definition) is 0. The van der Waals surface area contributed by atoms with Gasteiger partial charge in [0.1, 0.15) is 4.60 Å². The van der Waals surface area contributed by atoms with Crippen molar-refractivity contribution in [2.75, 3.05) is 0 Å². The predicted molar refractivity (Wildman–Crippen MR) is 41.4 cm³/mol. The van der Waals surface area contributed by atoms with Crippen LogP contribution in [0, 0.1) is 18.3 Å². The molecule has 0 bridgehead atoms. The first-order valence-corrected chi connectivity index (χ1v) is 3.56. The fourth-order valence-electron chi connectivity index (χ4n) is 0.693. The molecule has 0 N–H and O–H groups in total. The Labute approximate surface area is 67.6 Å². The van der Waals surface area contributed by atoms with Gasteiger partial charge in [-0.1, -0.05) is 0 Å². The summed E-state index contributed by atoms with van der Waals surface area (Å²) in [4.78, 5) is 4.05. The van der Waals surface area contributed by atoms with Crippen molar-refractivity contribution < 1.29 is 0 Å². The van der Waals surface area contributed by atoms with Crippen molar-refractivity contribution in [3.8, 4) is 6.07 Å². The van der Waals surface area contributed by atoms with Crippen molar-refractivity contribution in [1.82, 2.24) is 4.98 Å². The molecule has 0 saturated carbocycles. The minimum absolute atomic E-state index is 0.638. The molecule has 0 amide bonds. The second-order valence-corrected chi connectivity index (χ2v) is 2.74. The Balaban J connectivity index is 3.22. The van der Waals surface area contributed by atoms with E-state index in [1.807, 2.05) is 13.0 Å². The molecule has 0 unspecified atom stereocenters. The van der Waals surface area contributed by atoms with Gasteiger partial charge in [-0.3, -0.25) is 0 Å². The van der Waals surface area contributed by atoms with E-state index in [4.69, 9.17) is 5.26 Å². The van der Waals surface area contributed by atoms with Crippen LogP contribution in [0.2, 0.25) is 0 Å². The molecule has 0 aromatic carbocycles. The smallest absolute Gasteiger partial charge is 0.107 e. The van der Waals surface area contributed by atoms with E-state index >= 15 is 0 Å². The van der Waals surface area contributed by atoms with Gasteiger partial charge < -0.3 is 0 Å². The first-order chi connectivity index (χ1) is 4.72. The molecule has 0 aliphatic rings. The fraction of sp³-hybridized carbons (Fsp3) is 0.143. The van der Waals surface area contributed by atoms with Gasteiger partial charge in [-0.05, 0) is 35.0 Å². The van der Waals surface area contributed by atoms with Crippen molar-refractivity contribution in [3.05, 3.63) is 28.0 Å². The van der Waals surface area contributed by atoms with Gasteiger partial charge >= 0.3 is 0 Å². The zero-order valence-electron chi connectivity index (χ0n) is 5.43. The van der Waals surface area contributed by atoms with Crippen LogP contribution < -0.4 is 0 Å². The highest BCUT2D eigenvalue weighted by Crippen LogP contribution is 2.09. The molecule has 0 aliphatic heterocycles. The molecule has 1 aromatic heterocycles. The van der Waals surface area contributed by atoms with Gasteiger partial charge in [0, 0.05) is 5.69 Å². The lowest BCUT2D eigenvalue weighted by molar-refractivity contribution is 1.16. The van der Waals surface area contributed by atoms with Gasteiger partial charge in [-0.2, -0.15) is 5.26 Å². The van der Waals surface area contributed by atoms with Gasteiger partial charge in [-0.25, -0.2) is 4.98 Å². The average Bonchev–Trinajstić information content (AvgIpc) is 1.85. The molecule has 0 saturated heterocycles. The standard InChI is InChI=1S/C7H5BrN2/c1-5-2-6(4-9)3-7(8)10-5/h2-3H,1H3. The normalized spacial score (nSPS) is 8.90. The van der Waals surface area contributed by atoms with E-state index in [0.29, 0.717) is 10.2 Å².